The van der Waals surface area contributed by atoms with Gasteiger partial charge in [-0.25, -0.2) is 0 Å². The van der Waals surface area contributed by atoms with Crippen molar-refractivity contribution < 1.29 is 9.84 Å². The maximum atomic E-state index is 9.30. The van der Waals surface area contributed by atoms with Crippen molar-refractivity contribution >= 4 is 0 Å². The van der Waals surface area contributed by atoms with E-state index in [1.165, 1.54) is 25.7 Å². The number of nitrogens with zero attached hydrogens (tertiary/aromatic N) is 1. The van der Waals surface area contributed by atoms with Gasteiger partial charge in [0, 0.05) is 25.7 Å². The molecule has 21 heavy (non-hydrogen) atoms. The van der Waals surface area contributed by atoms with E-state index < -0.39 is 0 Å². The van der Waals surface area contributed by atoms with Gasteiger partial charge in [-0.15, -0.1) is 0 Å². The molecule has 0 aromatic carbocycles. The van der Waals surface area contributed by atoms with E-state index in [0.29, 0.717) is 11.5 Å². The molecule has 0 spiro atoms. The minimum absolute atomic E-state index is 0.0115. The van der Waals surface area contributed by atoms with Crippen molar-refractivity contribution in [2.24, 2.45) is 11.3 Å². The van der Waals surface area contributed by atoms with Crippen LogP contribution < -0.4 is 5.32 Å². The van der Waals surface area contributed by atoms with Crippen LogP contribution in [0.5, 0.6) is 0 Å². The third-order valence-corrected chi connectivity index (χ3v) is 5.24. The van der Waals surface area contributed by atoms with Crippen LogP contribution in [0.25, 0.3) is 0 Å². The first-order valence-electron chi connectivity index (χ1n) is 8.75. The van der Waals surface area contributed by atoms with Crippen molar-refractivity contribution in [2.75, 3.05) is 39.4 Å². The fraction of sp³-hybridized carbons (Fsp3) is 1.00. The molecule has 4 heteroatoms. The van der Waals surface area contributed by atoms with Gasteiger partial charge in [0.1, 0.15) is 0 Å². The molecule has 1 saturated heterocycles. The average Bonchev–Trinajstić information content (AvgIpc) is 2.46. The highest BCUT2D eigenvalue weighted by Gasteiger charge is 2.39. The highest BCUT2D eigenvalue weighted by molar-refractivity contribution is 4.94. The highest BCUT2D eigenvalue weighted by Crippen LogP contribution is 2.39. The number of morpholine rings is 1. The Balaban J connectivity index is 1.95. The van der Waals surface area contributed by atoms with Crippen LogP contribution in [0.4, 0.5) is 0 Å². The quantitative estimate of drug-likeness (QED) is 0.786. The third-order valence-electron chi connectivity index (χ3n) is 5.24. The summed E-state index contributed by atoms with van der Waals surface area (Å²) >= 11 is 0. The van der Waals surface area contributed by atoms with Crippen LogP contribution in [0.1, 0.15) is 46.5 Å². The van der Waals surface area contributed by atoms with Crippen LogP contribution in [0.15, 0.2) is 0 Å². The number of hydrogen-bond acceptors (Lipinski definition) is 4. The molecule has 0 amide bonds. The van der Waals surface area contributed by atoms with Crippen molar-refractivity contribution in [3.63, 3.8) is 0 Å². The van der Waals surface area contributed by atoms with E-state index >= 15 is 0 Å². The highest BCUT2D eigenvalue weighted by atomic mass is 16.5. The van der Waals surface area contributed by atoms with Gasteiger partial charge in [0.2, 0.25) is 0 Å². The molecule has 1 heterocycles. The SMILES string of the molecule is CCCNC1C(CN2CCOC(CO)C2)CCCC1(C)C. The number of nitrogens with one attached hydrogen (secondary N) is 1. The zero-order valence-electron chi connectivity index (χ0n) is 14.1. The molecule has 0 radical (unpaired) electrons. The second-order valence-electron chi connectivity index (χ2n) is 7.51. The topological polar surface area (TPSA) is 44.7 Å². The lowest BCUT2D eigenvalue weighted by Gasteiger charge is -2.47. The van der Waals surface area contributed by atoms with E-state index in [4.69, 9.17) is 4.74 Å². The normalized spacial score (nSPS) is 34.0. The molecule has 3 atom stereocenters. The Kier molecular flexibility index (Phi) is 6.48. The van der Waals surface area contributed by atoms with E-state index in [2.05, 4.69) is 31.0 Å². The van der Waals surface area contributed by atoms with E-state index in [0.717, 1.165) is 38.7 Å². The molecule has 0 aromatic heterocycles. The molecule has 1 aliphatic carbocycles. The third kappa shape index (κ3) is 4.65. The van der Waals surface area contributed by atoms with Crippen molar-refractivity contribution in [3.05, 3.63) is 0 Å². The number of aliphatic hydroxyl groups is 1. The van der Waals surface area contributed by atoms with Crippen molar-refractivity contribution in [2.45, 2.75) is 58.6 Å². The minimum Gasteiger partial charge on any atom is -0.394 e. The van der Waals surface area contributed by atoms with E-state index in [-0.39, 0.29) is 12.7 Å². The largest absolute Gasteiger partial charge is 0.394 e. The lowest BCUT2D eigenvalue weighted by molar-refractivity contribution is -0.0613. The van der Waals surface area contributed by atoms with Crippen LogP contribution in [-0.2, 0) is 4.74 Å². The molecule has 0 aromatic rings. The average molecular weight is 298 g/mol. The van der Waals surface area contributed by atoms with Crippen molar-refractivity contribution in [3.8, 4) is 0 Å². The summed E-state index contributed by atoms with van der Waals surface area (Å²) in [5, 5.41) is 13.1. The summed E-state index contributed by atoms with van der Waals surface area (Å²) in [6.07, 6.45) is 5.20. The Morgan fingerprint density at radius 2 is 2.19 bits per heavy atom. The predicted molar refractivity (Wildman–Crippen MR) is 86.5 cm³/mol. The molecule has 2 aliphatic rings. The van der Waals surface area contributed by atoms with Gasteiger partial charge in [0.25, 0.3) is 0 Å². The number of rotatable bonds is 6. The summed E-state index contributed by atoms with van der Waals surface area (Å²) in [4.78, 5) is 2.50. The lowest BCUT2D eigenvalue weighted by atomic mass is 9.67. The second kappa shape index (κ2) is 7.91. The summed E-state index contributed by atoms with van der Waals surface area (Å²) in [6, 6.07) is 0.613. The molecule has 2 N–H and O–H groups in total. The Morgan fingerprint density at radius 3 is 2.90 bits per heavy atom. The fourth-order valence-electron chi connectivity index (χ4n) is 4.11. The minimum atomic E-state index is 0.0115. The molecule has 3 unspecified atom stereocenters. The van der Waals surface area contributed by atoms with Gasteiger partial charge < -0.3 is 15.2 Å². The monoisotopic (exact) mass is 298 g/mol. The van der Waals surface area contributed by atoms with Gasteiger partial charge in [-0.2, -0.15) is 0 Å². The van der Waals surface area contributed by atoms with E-state index in [9.17, 15) is 5.11 Å². The summed E-state index contributed by atoms with van der Waals surface area (Å²) in [7, 11) is 0. The number of aliphatic hydroxyl groups excluding tert-OH is 1. The van der Waals surface area contributed by atoms with Gasteiger partial charge in [-0.3, -0.25) is 4.90 Å². The molecular formula is C17H34N2O2. The first kappa shape index (κ1) is 17.2. The maximum absolute atomic E-state index is 9.30. The van der Waals surface area contributed by atoms with Gasteiger partial charge in [0.15, 0.2) is 0 Å². The first-order chi connectivity index (χ1) is 10.1. The first-order valence-corrected chi connectivity index (χ1v) is 8.75. The van der Waals surface area contributed by atoms with Gasteiger partial charge >= 0.3 is 0 Å². The maximum Gasteiger partial charge on any atom is 0.0932 e. The molecular weight excluding hydrogens is 264 g/mol. The van der Waals surface area contributed by atoms with E-state index in [1.807, 2.05) is 0 Å². The summed E-state index contributed by atoms with van der Waals surface area (Å²) in [6.45, 7) is 12.1. The molecule has 1 saturated carbocycles. The van der Waals surface area contributed by atoms with Crippen LogP contribution in [0, 0.1) is 11.3 Å². The number of hydrogen-bond donors (Lipinski definition) is 2. The van der Waals surface area contributed by atoms with Gasteiger partial charge in [-0.1, -0.05) is 27.2 Å². The van der Waals surface area contributed by atoms with Gasteiger partial charge in [0.05, 0.1) is 19.3 Å². The van der Waals surface area contributed by atoms with E-state index in [1.54, 1.807) is 0 Å². The lowest BCUT2D eigenvalue weighted by Crippen LogP contribution is -2.55. The molecule has 4 nitrogen and oxygen atoms in total. The molecule has 124 valence electrons. The van der Waals surface area contributed by atoms with Crippen LogP contribution >= 0.6 is 0 Å². The zero-order valence-corrected chi connectivity index (χ0v) is 14.1. The Bertz CT molecular complexity index is 309. The summed E-state index contributed by atoms with van der Waals surface area (Å²) < 4.78 is 5.57. The fourth-order valence-corrected chi connectivity index (χ4v) is 4.11. The number of ether oxygens (including phenoxy) is 1. The summed E-state index contributed by atoms with van der Waals surface area (Å²) in [5.41, 5.74) is 0.390. The van der Waals surface area contributed by atoms with Gasteiger partial charge in [-0.05, 0) is 37.1 Å². The predicted octanol–water partition coefficient (Wildman–Crippen LogP) is 1.87. The van der Waals surface area contributed by atoms with Crippen LogP contribution in [-0.4, -0.2) is 61.5 Å². The zero-order chi connectivity index (χ0) is 15.3. The standard InChI is InChI=1S/C17H34N2O2/c1-4-8-18-16-14(6-5-7-17(16,2)3)11-19-9-10-21-15(12-19)13-20/h14-16,18,20H,4-13H2,1-3H3. The Hall–Kier alpha value is -0.160. The van der Waals surface area contributed by atoms with Crippen molar-refractivity contribution in [1.82, 2.24) is 10.2 Å². The Morgan fingerprint density at radius 1 is 1.38 bits per heavy atom. The van der Waals surface area contributed by atoms with Crippen molar-refractivity contribution in [1.29, 1.82) is 0 Å². The second-order valence-corrected chi connectivity index (χ2v) is 7.51. The van der Waals surface area contributed by atoms with Crippen LogP contribution in [0.3, 0.4) is 0 Å². The molecule has 0 bridgehead atoms. The van der Waals surface area contributed by atoms with Crippen LogP contribution in [0.2, 0.25) is 0 Å². The molecule has 2 fully saturated rings. The Labute approximate surface area is 130 Å². The summed E-state index contributed by atoms with van der Waals surface area (Å²) in [5.74, 6) is 0.720. The molecule has 2 rings (SSSR count). The smallest absolute Gasteiger partial charge is 0.0932 e. The molecule has 1 aliphatic heterocycles.